The Morgan fingerprint density at radius 3 is 2.55 bits per heavy atom. The lowest BCUT2D eigenvalue weighted by Crippen LogP contribution is -2.09. The number of benzene rings is 1. The minimum absolute atomic E-state index is 0.556. The number of hydrogen-bond acceptors (Lipinski definition) is 1. The molecule has 1 aromatic carbocycles. The first-order chi connectivity index (χ1) is 5.33. The molecule has 2 nitrogen and oxygen atoms in total. The molecule has 0 aliphatic heterocycles. The predicted octanol–water partition coefficient (Wildman–Crippen LogP) is 1.59. The van der Waals surface area contributed by atoms with Crippen molar-refractivity contribution in [1.29, 1.82) is 0 Å². The van der Waals surface area contributed by atoms with Crippen molar-refractivity contribution in [2.24, 2.45) is 0 Å². The monoisotopic (exact) mass is 169 g/mol. The molecule has 0 fully saturated rings. The van der Waals surface area contributed by atoms with Gasteiger partial charge in [0.05, 0.1) is 0 Å². The number of carbonyl (C=O) groups is 1. The van der Waals surface area contributed by atoms with Crippen molar-refractivity contribution in [3.63, 3.8) is 0 Å². The third-order valence-corrected chi connectivity index (χ3v) is 1.55. The maximum atomic E-state index is 9.91. The standard InChI is InChI=1S/C8H8ClNO/c9-8-3-1-7(2-4-8)5-10-6-11/h1-4,6H,5H2,(H,10,11). The summed E-state index contributed by atoms with van der Waals surface area (Å²) in [5.41, 5.74) is 1.04. The average Bonchev–Trinajstić information content (AvgIpc) is 2.04. The van der Waals surface area contributed by atoms with Gasteiger partial charge in [-0.3, -0.25) is 4.79 Å². The molecule has 0 aliphatic carbocycles. The van der Waals surface area contributed by atoms with Crippen LogP contribution in [0.5, 0.6) is 0 Å². The molecule has 0 radical (unpaired) electrons. The fraction of sp³-hybridized carbons (Fsp3) is 0.125. The molecule has 0 saturated heterocycles. The fourth-order valence-electron chi connectivity index (χ4n) is 0.762. The predicted molar refractivity (Wildman–Crippen MR) is 44.4 cm³/mol. The van der Waals surface area contributed by atoms with Gasteiger partial charge in [0.15, 0.2) is 0 Å². The highest BCUT2D eigenvalue weighted by molar-refractivity contribution is 6.30. The summed E-state index contributed by atoms with van der Waals surface area (Å²) < 4.78 is 0. The van der Waals surface area contributed by atoms with Crippen LogP contribution in [-0.4, -0.2) is 6.41 Å². The first-order valence-electron chi connectivity index (χ1n) is 3.24. The van der Waals surface area contributed by atoms with Crippen molar-refractivity contribution in [3.05, 3.63) is 34.9 Å². The molecule has 0 unspecified atom stereocenters. The van der Waals surface area contributed by atoms with Crippen LogP contribution < -0.4 is 5.32 Å². The molecule has 1 amide bonds. The third-order valence-electron chi connectivity index (χ3n) is 1.30. The van der Waals surface area contributed by atoms with Gasteiger partial charge in [-0.2, -0.15) is 0 Å². The van der Waals surface area contributed by atoms with Crippen LogP contribution in [0.25, 0.3) is 0 Å². The molecule has 0 saturated carbocycles. The number of amides is 1. The van der Waals surface area contributed by atoms with Crippen molar-refractivity contribution in [2.45, 2.75) is 6.54 Å². The van der Waals surface area contributed by atoms with Crippen LogP contribution in [0.1, 0.15) is 5.56 Å². The zero-order valence-electron chi connectivity index (χ0n) is 5.88. The van der Waals surface area contributed by atoms with Crippen LogP contribution in [-0.2, 0) is 11.3 Å². The van der Waals surface area contributed by atoms with Gasteiger partial charge >= 0.3 is 0 Å². The van der Waals surface area contributed by atoms with Gasteiger partial charge in [-0.15, -0.1) is 0 Å². The summed E-state index contributed by atoms with van der Waals surface area (Å²) >= 11 is 5.66. The Morgan fingerprint density at radius 2 is 2.00 bits per heavy atom. The van der Waals surface area contributed by atoms with E-state index in [4.69, 9.17) is 11.6 Å². The van der Waals surface area contributed by atoms with E-state index in [0.29, 0.717) is 18.0 Å². The van der Waals surface area contributed by atoms with E-state index in [2.05, 4.69) is 5.32 Å². The molecule has 1 N–H and O–H groups in total. The van der Waals surface area contributed by atoms with Crippen LogP contribution in [0.4, 0.5) is 0 Å². The van der Waals surface area contributed by atoms with Crippen molar-refractivity contribution >= 4 is 18.0 Å². The van der Waals surface area contributed by atoms with Crippen LogP contribution in [0.3, 0.4) is 0 Å². The van der Waals surface area contributed by atoms with Crippen LogP contribution in [0.15, 0.2) is 24.3 Å². The van der Waals surface area contributed by atoms with Crippen molar-refractivity contribution < 1.29 is 4.79 Å². The van der Waals surface area contributed by atoms with Crippen LogP contribution >= 0.6 is 11.6 Å². The average molecular weight is 170 g/mol. The molecular weight excluding hydrogens is 162 g/mol. The van der Waals surface area contributed by atoms with Gasteiger partial charge in [0.2, 0.25) is 6.41 Å². The minimum Gasteiger partial charge on any atom is -0.355 e. The molecule has 11 heavy (non-hydrogen) atoms. The van der Waals surface area contributed by atoms with Gasteiger partial charge in [0.1, 0.15) is 0 Å². The molecule has 58 valence electrons. The molecule has 0 bridgehead atoms. The normalized spacial score (nSPS) is 9.18. The Hall–Kier alpha value is -1.02. The summed E-state index contributed by atoms with van der Waals surface area (Å²) in [5, 5.41) is 3.27. The summed E-state index contributed by atoms with van der Waals surface area (Å²) in [6.45, 7) is 0.556. The lowest BCUT2D eigenvalue weighted by atomic mass is 10.2. The maximum absolute atomic E-state index is 9.91. The molecule has 0 heterocycles. The molecule has 1 aromatic rings. The van der Waals surface area contributed by atoms with E-state index in [0.717, 1.165) is 5.56 Å². The zero-order valence-corrected chi connectivity index (χ0v) is 6.64. The third kappa shape index (κ3) is 2.60. The van der Waals surface area contributed by atoms with Gasteiger partial charge < -0.3 is 5.32 Å². The lowest BCUT2D eigenvalue weighted by molar-refractivity contribution is -0.109. The zero-order chi connectivity index (χ0) is 8.10. The Bertz CT molecular complexity index is 232. The summed E-state index contributed by atoms with van der Waals surface area (Å²) in [4.78, 5) is 9.91. The quantitative estimate of drug-likeness (QED) is 0.684. The van der Waals surface area contributed by atoms with Gasteiger partial charge in [-0.05, 0) is 17.7 Å². The van der Waals surface area contributed by atoms with Crippen molar-refractivity contribution in [1.82, 2.24) is 5.32 Å². The van der Waals surface area contributed by atoms with E-state index in [9.17, 15) is 4.79 Å². The molecule has 0 atom stereocenters. The number of rotatable bonds is 3. The highest BCUT2D eigenvalue weighted by atomic mass is 35.5. The van der Waals surface area contributed by atoms with Gasteiger partial charge in [-0.25, -0.2) is 0 Å². The molecule has 0 spiro atoms. The smallest absolute Gasteiger partial charge is 0.207 e. The van der Waals surface area contributed by atoms with E-state index < -0.39 is 0 Å². The Morgan fingerprint density at radius 1 is 1.36 bits per heavy atom. The van der Waals surface area contributed by atoms with E-state index in [1.54, 1.807) is 12.1 Å². The Labute approximate surface area is 70.2 Å². The summed E-state index contributed by atoms with van der Waals surface area (Å²) in [6.07, 6.45) is 0.675. The largest absolute Gasteiger partial charge is 0.355 e. The van der Waals surface area contributed by atoms with Gasteiger partial charge in [0, 0.05) is 11.6 Å². The van der Waals surface area contributed by atoms with E-state index in [1.165, 1.54) is 0 Å². The molecule has 3 heteroatoms. The minimum atomic E-state index is 0.556. The van der Waals surface area contributed by atoms with Crippen molar-refractivity contribution in [3.8, 4) is 0 Å². The summed E-state index contributed by atoms with van der Waals surface area (Å²) in [7, 11) is 0. The van der Waals surface area contributed by atoms with Crippen LogP contribution in [0, 0.1) is 0 Å². The van der Waals surface area contributed by atoms with E-state index >= 15 is 0 Å². The number of halogens is 1. The molecule has 1 rings (SSSR count). The lowest BCUT2D eigenvalue weighted by Gasteiger charge is -1.98. The second-order valence-electron chi connectivity index (χ2n) is 2.13. The molecule has 0 aliphatic rings. The first kappa shape index (κ1) is 8.08. The fourth-order valence-corrected chi connectivity index (χ4v) is 0.888. The second-order valence-corrected chi connectivity index (χ2v) is 2.56. The SMILES string of the molecule is O=CNCc1ccc(Cl)cc1. The number of carbonyl (C=O) groups excluding carboxylic acids is 1. The Kier molecular flexibility index (Phi) is 2.93. The first-order valence-corrected chi connectivity index (χ1v) is 3.62. The second kappa shape index (κ2) is 3.98. The molecule has 0 aromatic heterocycles. The topological polar surface area (TPSA) is 29.1 Å². The van der Waals surface area contributed by atoms with Crippen molar-refractivity contribution in [2.75, 3.05) is 0 Å². The van der Waals surface area contributed by atoms with Gasteiger partial charge in [0.25, 0.3) is 0 Å². The van der Waals surface area contributed by atoms with E-state index in [-0.39, 0.29) is 0 Å². The summed E-state index contributed by atoms with van der Waals surface area (Å²) in [6, 6.07) is 7.34. The maximum Gasteiger partial charge on any atom is 0.207 e. The van der Waals surface area contributed by atoms with E-state index in [1.807, 2.05) is 12.1 Å². The number of nitrogens with one attached hydrogen (secondary N) is 1. The van der Waals surface area contributed by atoms with Crippen LogP contribution in [0.2, 0.25) is 5.02 Å². The highest BCUT2D eigenvalue weighted by Crippen LogP contribution is 2.08. The summed E-state index contributed by atoms with van der Waals surface area (Å²) in [5.74, 6) is 0. The molecular formula is C8H8ClNO. The Balaban J connectivity index is 2.58. The number of hydrogen-bond donors (Lipinski definition) is 1. The van der Waals surface area contributed by atoms with Gasteiger partial charge in [-0.1, -0.05) is 23.7 Å². The highest BCUT2D eigenvalue weighted by Gasteiger charge is 1.89.